The monoisotopic (exact) mass is 332 g/mol. The molecule has 0 bridgehead atoms. The van der Waals surface area contributed by atoms with Crippen molar-refractivity contribution in [2.75, 3.05) is 19.8 Å². The van der Waals surface area contributed by atoms with E-state index in [2.05, 4.69) is 43.2 Å². The minimum absolute atomic E-state index is 0.0770. The first kappa shape index (κ1) is 17.8. The summed E-state index contributed by atoms with van der Waals surface area (Å²) in [7, 11) is 0. The number of hydrogen-bond acceptors (Lipinski definition) is 4. The molecule has 1 aromatic rings. The molecule has 1 spiro atoms. The Bertz CT molecular complexity index is 547. The molecule has 1 saturated heterocycles. The molecule has 2 heterocycles. The average molecular weight is 332 g/mol. The summed E-state index contributed by atoms with van der Waals surface area (Å²) < 4.78 is 12.0. The van der Waals surface area contributed by atoms with Crippen LogP contribution < -0.4 is 5.32 Å². The van der Waals surface area contributed by atoms with Gasteiger partial charge in [0, 0.05) is 49.0 Å². The molecule has 4 nitrogen and oxygen atoms in total. The highest BCUT2D eigenvalue weighted by Gasteiger charge is 2.56. The van der Waals surface area contributed by atoms with Gasteiger partial charge in [0.2, 0.25) is 0 Å². The van der Waals surface area contributed by atoms with E-state index in [9.17, 15) is 0 Å². The standard InChI is InChI=1S/C20H32N2O2/c1-15-6-5-7-16(22-15)8-11-21-17-14-18(24-19(2,3)4)20(17)9-12-23-13-10-20/h5-7,17-18,21H,8-14H2,1-4H3. The van der Waals surface area contributed by atoms with Crippen LogP contribution in [0.25, 0.3) is 0 Å². The molecule has 0 amide bonds. The van der Waals surface area contributed by atoms with Crippen LogP contribution in [0.15, 0.2) is 18.2 Å². The number of aromatic nitrogens is 1. The van der Waals surface area contributed by atoms with E-state index in [1.165, 1.54) is 5.69 Å². The average Bonchev–Trinajstić information content (AvgIpc) is 2.53. The predicted octanol–water partition coefficient (Wildman–Crippen LogP) is 3.27. The lowest BCUT2D eigenvalue weighted by Crippen LogP contribution is -2.66. The summed E-state index contributed by atoms with van der Waals surface area (Å²) in [5, 5.41) is 3.79. The first-order valence-electron chi connectivity index (χ1n) is 9.31. The van der Waals surface area contributed by atoms with Gasteiger partial charge in [0.05, 0.1) is 11.7 Å². The van der Waals surface area contributed by atoms with E-state index < -0.39 is 0 Å². The Labute approximate surface area is 146 Å². The molecule has 0 aromatic carbocycles. The maximum atomic E-state index is 6.37. The largest absolute Gasteiger partial charge is 0.381 e. The van der Waals surface area contributed by atoms with E-state index in [1.54, 1.807) is 0 Å². The van der Waals surface area contributed by atoms with Gasteiger partial charge in [-0.3, -0.25) is 4.98 Å². The molecule has 2 aliphatic rings. The minimum atomic E-state index is -0.0770. The molecule has 1 aliphatic carbocycles. The lowest BCUT2D eigenvalue weighted by Gasteiger charge is -2.59. The summed E-state index contributed by atoms with van der Waals surface area (Å²) in [4.78, 5) is 4.60. The highest BCUT2D eigenvalue weighted by molar-refractivity contribution is 5.12. The van der Waals surface area contributed by atoms with Gasteiger partial charge in [0.15, 0.2) is 0 Å². The van der Waals surface area contributed by atoms with Crippen LogP contribution in [0.3, 0.4) is 0 Å². The van der Waals surface area contributed by atoms with Gasteiger partial charge in [-0.1, -0.05) is 6.07 Å². The summed E-state index contributed by atoms with van der Waals surface area (Å²) >= 11 is 0. The van der Waals surface area contributed by atoms with Crippen LogP contribution in [0, 0.1) is 12.3 Å². The second-order valence-corrected chi connectivity index (χ2v) is 8.33. The van der Waals surface area contributed by atoms with E-state index in [0.717, 1.165) is 51.1 Å². The van der Waals surface area contributed by atoms with Crippen LogP contribution in [0.5, 0.6) is 0 Å². The van der Waals surface area contributed by atoms with Gasteiger partial charge in [-0.2, -0.15) is 0 Å². The molecule has 0 radical (unpaired) electrons. The smallest absolute Gasteiger partial charge is 0.0670 e. The molecule has 1 saturated carbocycles. The maximum Gasteiger partial charge on any atom is 0.0670 e. The molecule has 134 valence electrons. The van der Waals surface area contributed by atoms with Gasteiger partial charge in [-0.15, -0.1) is 0 Å². The van der Waals surface area contributed by atoms with E-state index >= 15 is 0 Å². The molecular formula is C20H32N2O2. The van der Waals surface area contributed by atoms with Gasteiger partial charge in [0.1, 0.15) is 0 Å². The van der Waals surface area contributed by atoms with Crippen molar-refractivity contribution in [1.29, 1.82) is 0 Å². The molecule has 4 heteroatoms. The molecule has 2 atom stereocenters. The van der Waals surface area contributed by atoms with Gasteiger partial charge in [0.25, 0.3) is 0 Å². The third kappa shape index (κ3) is 3.98. The van der Waals surface area contributed by atoms with Crippen molar-refractivity contribution in [2.24, 2.45) is 5.41 Å². The summed E-state index contributed by atoms with van der Waals surface area (Å²) in [5.41, 5.74) is 2.44. The summed E-state index contributed by atoms with van der Waals surface area (Å²) in [5.74, 6) is 0. The molecular weight excluding hydrogens is 300 g/mol. The van der Waals surface area contributed by atoms with Crippen molar-refractivity contribution in [2.45, 2.75) is 71.1 Å². The highest BCUT2D eigenvalue weighted by atomic mass is 16.5. The number of rotatable bonds is 5. The normalized spacial score (nSPS) is 26.3. The quantitative estimate of drug-likeness (QED) is 0.899. The van der Waals surface area contributed by atoms with E-state index in [0.29, 0.717) is 12.1 Å². The van der Waals surface area contributed by atoms with Crippen LogP contribution in [-0.4, -0.2) is 42.5 Å². The van der Waals surface area contributed by atoms with Gasteiger partial charge in [-0.25, -0.2) is 0 Å². The lowest BCUT2D eigenvalue weighted by molar-refractivity contribution is -0.211. The van der Waals surface area contributed by atoms with Crippen LogP contribution in [0.1, 0.15) is 51.4 Å². The topological polar surface area (TPSA) is 43.4 Å². The van der Waals surface area contributed by atoms with Crippen LogP contribution >= 0.6 is 0 Å². The molecule has 1 aliphatic heterocycles. The van der Waals surface area contributed by atoms with Crippen molar-refractivity contribution in [1.82, 2.24) is 10.3 Å². The third-order valence-corrected chi connectivity index (χ3v) is 5.42. The van der Waals surface area contributed by atoms with Gasteiger partial charge < -0.3 is 14.8 Å². The molecule has 1 aromatic heterocycles. The fraction of sp³-hybridized carbons (Fsp3) is 0.750. The zero-order chi connectivity index (χ0) is 17.2. The Morgan fingerprint density at radius 3 is 2.71 bits per heavy atom. The summed E-state index contributed by atoms with van der Waals surface area (Å²) in [6.45, 7) is 11.2. The van der Waals surface area contributed by atoms with Crippen LogP contribution in [0.4, 0.5) is 0 Å². The fourth-order valence-corrected chi connectivity index (χ4v) is 4.16. The SMILES string of the molecule is Cc1cccc(CCNC2CC(OC(C)(C)C)C23CCOCC3)n1. The van der Waals surface area contributed by atoms with Crippen LogP contribution in [-0.2, 0) is 15.9 Å². The summed E-state index contributed by atoms with van der Waals surface area (Å²) in [6, 6.07) is 6.80. The zero-order valence-corrected chi connectivity index (χ0v) is 15.6. The second kappa shape index (κ2) is 7.11. The van der Waals surface area contributed by atoms with Crippen molar-refractivity contribution in [3.63, 3.8) is 0 Å². The number of hydrogen-bond donors (Lipinski definition) is 1. The maximum absolute atomic E-state index is 6.37. The first-order valence-corrected chi connectivity index (χ1v) is 9.31. The predicted molar refractivity (Wildman–Crippen MR) is 96.2 cm³/mol. The number of nitrogens with one attached hydrogen (secondary N) is 1. The van der Waals surface area contributed by atoms with Crippen molar-refractivity contribution in [3.05, 3.63) is 29.6 Å². The van der Waals surface area contributed by atoms with Crippen molar-refractivity contribution >= 4 is 0 Å². The fourth-order valence-electron chi connectivity index (χ4n) is 4.16. The van der Waals surface area contributed by atoms with Crippen molar-refractivity contribution < 1.29 is 9.47 Å². The Balaban J connectivity index is 1.57. The lowest BCUT2D eigenvalue weighted by atomic mass is 9.57. The van der Waals surface area contributed by atoms with Gasteiger partial charge in [-0.05, 0) is 59.1 Å². The minimum Gasteiger partial charge on any atom is -0.381 e. The number of ether oxygens (including phenoxy) is 2. The Morgan fingerprint density at radius 1 is 1.29 bits per heavy atom. The van der Waals surface area contributed by atoms with E-state index in [1.807, 2.05) is 13.0 Å². The van der Waals surface area contributed by atoms with E-state index in [4.69, 9.17) is 9.47 Å². The second-order valence-electron chi connectivity index (χ2n) is 8.33. The molecule has 2 fully saturated rings. The first-order chi connectivity index (χ1) is 11.4. The Kier molecular flexibility index (Phi) is 5.28. The van der Waals surface area contributed by atoms with Crippen LogP contribution in [0.2, 0.25) is 0 Å². The number of pyridine rings is 1. The molecule has 24 heavy (non-hydrogen) atoms. The zero-order valence-electron chi connectivity index (χ0n) is 15.6. The van der Waals surface area contributed by atoms with Crippen molar-refractivity contribution in [3.8, 4) is 0 Å². The van der Waals surface area contributed by atoms with Gasteiger partial charge >= 0.3 is 0 Å². The third-order valence-electron chi connectivity index (χ3n) is 5.42. The Hall–Kier alpha value is -0.970. The summed E-state index contributed by atoms with van der Waals surface area (Å²) in [6.07, 6.45) is 4.66. The molecule has 3 rings (SSSR count). The molecule has 1 N–H and O–H groups in total. The number of aryl methyl sites for hydroxylation is 1. The van der Waals surface area contributed by atoms with E-state index in [-0.39, 0.29) is 11.0 Å². The number of nitrogens with zero attached hydrogens (tertiary/aromatic N) is 1. The molecule has 2 unspecified atom stereocenters. The Morgan fingerprint density at radius 2 is 2.04 bits per heavy atom. The highest BCUT2D eigenvalue weighted by Crippen LogP contribution is 2.51.